The molecular weight excluding hydrogens is 486 g/mol. The molecule has 12 nitrogen and oxygen atoms in total. The van der Waals surface area contributed by atoms with E-state index in [2.05, 4.69) is 15.5 Å². The molecule has 182 valence electrons. The van der Waals surface area contributed by atoms with Crippen molar-refractivity contribution in [2.24, 2.45) is 5.16 Å². The third-order valence-corrected chi connectivity index (χ3v) is 6.59. The number of carbonyl (C=O) groups excluding carboxylic acids is 4. The van der Waals surface area contributed by atoms with Gasteiger partial charge in [-0.3, -0.25) is 19.3 Å². The van der Waals surface area contributed by atoms with Crippen LogP contribution in [0.3, 0.4) is 0 Å². The van der Waals surface area contributed by atoms with Gasteiger partial charge >= 0.3 is 11.9 Å². The number of ether oxygens (including phenoxy) is 2. The topological polar surface area (TPSA) is 163 Å². The molecule has 0 radical (unpaired) electrons. The minimum absolute atomic E-state index is 0.0365. The first-order chi connectivity index (χ1) is 16.2. The second-order valence-electron chi connectivity index (χ2n) is 7.01. The summed E-state index contributed by atoms with van der Waals surface area (Å²) < 4.78 is 10.1. The van der Waals surface area contributed by atoms with E-state index in [0.29, 0.717) is 11.3 Å². The van der Waals surface area contributed by atoms with Crippen LogP contribution in [-0.4, -0.2) is 69.9 Å². The van der Waals surface area contributed by atoms with Gasteiger partial charge in [-0.05, 0) is 12.5 Å². The highest BCUT2D eigenvalue weighted by Crippen LogP contribution is 2.41. The van der Waals surface area contributed by atoms with E-state index >= 15 is 0 Å². The Morgan fingerprint density at radius 1 is 1.38 bits per heavy atom. The van der Waals surface area contributed by atoms with Gasteiger partial charge in [-0.2, -0.15) is 0 Å². The van der Waals surface area contributed by atoms with Crippen LogP contribution >= 0.6 is 23.1 Å². The van der Waals surface area contributed by atoms with Gasteiger partial charge in [0, 0.05) is 25.0 Å². The van der Waals surface area contributed by atoms with Crippen LogP contribution in [0.1, 0.15) is 26.5 Å². The summed E-state index contributed by atoms with van der Waals surface area (Å²) in [5.41, 5.74) is 6.32. The van der Waals surface area contributed by atoms with Gasteiger partial charge in [-0.25, -0.2) is 9.78 Å². The van der Waals surface area contributed by atoms with Crippen molar-refractivity contribution in [1.29, 1.82) is 0 Å². The smallest absolute Gasteiger partial charge is 0.358 e. The molecule has 1 aromatic rings. The Labute approximate surface area is 203 Å². The van der Waals surface area contributed by atoms with Crippen LogP contribution in [-0.2, 0) is 33.5 Å². The zero-order chi connectivity index (χ0) is 25.0. The molecule has 0 aromatic carbocycles. The van der Waals surface area contributed by atoms with Gasteiger partial charge in [0.1, 0.15) is 29.9 Å². The molecule has 0 saturated carbocycles. The summed E-state index contributed by atoms with van der Waals surface area (Å²) in [4.78, 5) is 59.9. The number of rotatable bonds is 8. The van der Waals surface area contributed by atoms with Crippen LogP contribution in [0.4, 0.5) is 5.13 Å². The van der Waals surface area contributed by atoms with Gasteiger partial charge in [0.05, 0.1) is 0 Å². The first kappa shape index (κ1) is 25.2. The number of fused-ring (bicyclic) bond motifs is 1. The Bertz CT molecular complexity index is 1100. The van der Waals surface area contributed by atoms with Crippen LogP contribution in [0.5, 0.6) is 0 Å². The second kappa shape index (κ2) is 10.7. The molecule has 2 amide bonds. The quantitative estimate of drug-likeness (QED) is 0.168. The molecule has 34 heavy (non-hydrogen) atoms. The number of thiazole rings is 1. The summed E-state index contributed by atoms with van der Waals surface area (Å²) in [5.74, 6) is -2.22. The maximum absolute atomic E-state index is 13.0. The fourth-order valence-corrected chi connectivity index (χ4v) is 5.19. The van der Waals surface area contributed by atoms with E-state index in [1.54, 1.807) is 24.5 Å². The highest BCUT2D eigenvalue weighted by atomic mass is 32.2. The summed E-state index contributed by atoms with van der Waals surface area (Å²) >= 11 is 2.50. The number of esters is 2. The molecule has 14 heteroatoms. The normalized spacial score (nSPS) is 21.0. The van der Waals surface area contributed by atoms with Crippen LogP contribution in [0, 0.1) is 0 Å². The number of allylic oxidation sites excluding steroid dienone is 2. The van der Waals surface area contributed by atoms with E-state index in [1.165, 1.54) is 37.6 Å². The predicted molar refractivity (Wildman–Crippen MR) is 124 cm³/mol. The predicted octanol–water partition coefficient (Wildman–Crippen LogP) is 0.758. The van der Waals surface area contributed by atoms with Gasteiger partial charge in [-0.15, -0.1) is 23.1 Å². The van der Waals surface area contributed by atoms with E-state index in [0.717, 1.165) is 11.3 Å². The number of nitrogen functional groups attached to an aromatic ring is 1. The Morgan fingerprint density at radius 2 is 2.12 bits per heavy atom. The standard InChI is InChI=1S/C20H23N5O7S2/c1-5-6-11-7-33-18-14(23-16(27)13(24-30-4)12-8-34-20(21)22-12)17(28)25(18)15(11)19(29)32-10(3)31-9(2)26/h5-6,8,10,14,18H,7H2,1-4H3,(H2,21,22)(H,23,27)/b6-5+,24-13-/t10?,14-,18+/m1/s1. The van der Waals surface area contributed by atoms with Crippen LogP contribution in [0.25, 0.3) is 0 Å². The summed E-state index contributed by atoms with van der Waals surface area (Å²) in [7, 11) is 1.28. The van der Waals surface area contributed by atoms with E-state index in [4.69, 9.17) is 20.0 Å². The maximum atomic E-state index is 13.0. The van der Waals surface area contributed by atoms with Crippen molar-refractivity contribution < 1.29 is 33.5 Å². The van der Waals surface area contributed by atoms with E-state index in [9.17, 15) is 19.2 Å². The number of β-lactam (4-membered cyclic amide) rings is 1. The van der Waals surface area contributed by atoms with Crippen LogP contribution in [0.15, 0.2) is 34.0 Å². The molecule has 2 aliphatic heterocycles. The van der Waals surface area contributed by atoms with Crippen molar-refractivity contribution in [3.63, 3.8) is 0 Å². The van der Waals surface area contributed by atoms with Gasteiger partial charge in [0.25, 0.3) is 11.8 Å². The average Bonchev–Trinajstić information content (AvgIpc) is 3.20. The number of hydrogen-bond acceptors (Lipinski definition) is 12. The number of carbonyl (C=O) groups is 4. The monoisotopic (exact) mass is 509 g/mol. The molecule has 3 heterocycles. The number of oxime groups is 1. The number of nitrogens with one attached hydrogen (secondary N) is 1. The van der Waals surface area contributed by atoms with Gasteiger partial charge in [0.2, 0.25) is 6.29 Å². The lowest BCUT2D eigenvalue weighted by Gasteiger charge is -2.49. The van der Waals surface area contributed by atoms with E-state index in [1.807, 2.05) is 0 Å². The van der Waals surface area contributed by atoms with Gasteiger partial charge in [0.15, 0.2) is 10.8 Å². The Morgan fingerprint density at radius 3 is 2.71 bits per heavy atom. The van der Waals surface area contributed by atoms with Gasteiger partial charge in [-0.1, -0.05) is 17.3 Å². The molecule has 1 saturated heterocycles. The highest BCUT2D eigenvalue weighted by Gasteiger charge is 2.54. The summed E-state index contributed by atoms with van der Waals surface area (Å²) in [5, 5.41) is 7.58. The molecule has 2 aliphatic rings. The second-order valence-corrected chi connectivity index (χ2v) is 9.01. The number of amides is 2. The Hall–Kier alpha value is -3.39. The van der Waals surface area contributed by atoms with Crippen LogP contribution < -0.4 is 11.1 Å². The van der Waals surface area contributed by atoms with Crippen molar-refractivity contribution >= 4 is 57.7 Å². The third-order valence-electron chi connectivity index (χ3n) is 4.61. The molecule has 3 atom stereocenters. The SMILES string of the molecule is C/C=C/C1=C(C(=O)OC(C)OC(C)=O)N2C(=O)[C@@H](NC(=O)/C(=N\OC)c3csc(N)n3)[C@@H]2SC1. The first-order valence-corrected chi connectivity index (χ1v) is 11.9. The summed E-state index contributed by atoms with van der Waals surface area (Å²) in [6.07, 6.45) is 2.30. The Balaban J connectivity index is 1.79. The lowest BCUT2D eigenvalue weighted by Crippen LogP contribution is -2.71. The lowest BCUT2D eigenvalue weighted by molar-refractivity contribution is -0.182. The number of anilines is 1. The van der Waals surface area contributed by atoms with Crippen molar-refractivity contribution in [1.82, 2.24) is 15.2 Å². The van der Waals surface area contributed by atoms with Crippen molar-refractivity contribution in [2.75, 3.05) is 18.6 Å². The molecule has 0 bridgehead atoms. The van der Waals surface area contributed by atoms with E-state index < -0.39 is 41.5 Å². The van der Waals surface area contributed by atoms with Crippen LogP contribution in [0.2, 0.25) is 0 Å². The molecule has 3 rings (SSSR count). The maximum Gasteiger partial charge on any atom is 0.358 e. The fourth-order valence-electron chi connectivity index (χ4n) is 3.33. The molecule has 1 fully saturated rings. The molecule has 0 spiro atoms. The number of nitrogens with two attached hydrogens (primary N) is 1. The number of aromatic nitrogens is 1. The Kier molecular flexibility index (Phi) is 7.94. The summed E-state index contributed by atoms with van der Waals surface area (Å²) in [6, 6.07) is -0.920. The molecule has 1 unspecified atom stereocenters. The largest absolute Gasteiger partial charge is 0.426 e. The minimum atomic E-state index is -1.14. The number of thioether (sulfide) groups is 1. The summed E-state index contributed by atoms with van der Waals surface area (Å²) in [6.45, 7) is 4.36. The van der Waals surface area contributed by atoms with Crippen molar-refractivity contribution in [3.05, 3.63) is 34.5 Å². The number of hydrogen-bond donors (Lipinski definition) is 2. The first-order valence-electron chi connectivity index (χ1n) is 10.00. The molecule has 0 aliphatic carbocycles. The third kappa shape index (κ3) is 5.22. The zero-order valence-electron chi connectivity index (χ0n) is 18.8. The zero-order valence-corrected chi connectivity index (χ0v) is 20.4. The fraction of sp³-hybridized carbons (Fsp3) is 0.400. The minimum Gasteiger partial charge on any atom is -0.426 e. The van der Waals surface area contributed by atoms with Crippen molar-refractivity contribution in [3.8, 4) is 0 Å². The van der Waals surface area contributed by atoms with E-state index in [-0.39, 0.29) is 22.2 Å². The van der Waals surface area contributed by atoms with Crippen molar-refractivity contribution in [2.45, 2.75) is 38.5 Å². The lowest BCUT2D eigenvalue weighted by atomic mass is 10.0. The average molecular weight is 510 g/mol. The highest BCUT2D eigenvalue weighted by molar-refractivity contribution is 8.00. The molecule has 1 aromatic heterocycles. The van der Waals surface area contributed by atoms with Gasteiger partial charge < -0.3 is 25.4 Å². The molecular formula is C20H23N5O7S2. The number of nitrogens with zero attached hydrogens (tertiary/aromatic N) is 3. The molecule has 3 N–H and O–H groups in total.